The zero-order valence-corrected chi connectivity index (χ0v) is 20.6. The minimum Gasteiger partial charge on any atom is -0.565 e. The summed E-state index contributed by atoms with van der Waals surface area (Å²) in [6.07, 6.45) is -2.08. The van der Waals surface area contributed by atoms with Crippen molar-refractivity contribution in [2.45, 2.75) is 74.0 Å². The molecule has 170 valence electrons. The summed E-state index contributed by atoms with van der Waals surface area (Å²) in [7, 11) is -0.100. The maximum absolute atomic E-state index is 8.44. The van der Waals surface area contributed by atoms with Gasteiger partial charge in [0.05, 0.1) is 10.9 Å². The van der Waals surface area contributed by atoms with Gasteiger partial charge in [0, 0.05) is 11.1 Å². The lowest BCUT2D eigenvalue weighted by molar-refractivity contribution is -0.275. The summed E-state index contributed by atoms with van der Waals surface area (Å²) in [5.41, 5.74) is 4.47. The van der Waals surface area contributed by atoms with Crippen LogP contribution in [0.3, 0.4) is 0 Å². The van der Waals surface area contributed by atoms with Crippen LogP contribution in [-0.4, -0.2) is 11.3 Å². The minimum atomic E-state index is -2.08. The molecule has 0 radical (unpaired) electrons. The van der Waals surface area contributed by atoms with Gasteiger partial charge in [-0.2, -0.15) is 0 Å². The van der Waals surface area contributed by atoms with E-state index in [4.69, 9.17) is 15.0 Å². The second-order valence-electron chi connectivity index (χ2n) is 8.69. The average Bonchev–Trinajstić information content (AvgIpc) is 2.74. The van der Waals surface area contributed by atoms with Crippen molar-refractivity contribution in [1.82, 2.24) is 0 Å². The molecule has 0 aliphatic rings. The Bertz CT molecular complexity index is 923. The first kappa shape index (κ1) is 25.5. The van der Waals surface area contributed by atoms with Crippen molar-refractivity contribution in [2.24, 2.45) is 0 Å². The molecule has 1 N–H and O–H groups in total. The number of hydrogen-bond donors (Lipinski definition) is 1. The van der Waals surface area contributed by atoms with E-state index in [0.29, 0.717) is 17.8 Å². The summed E-state index contributed by atoms with van der Waals surface area (Å²) < 4.78 is 0. The van der Waals surface area contributed by atoms with Gasteiger partial charge in [-0.15, -0.1) is 0 Å². The molecule has 0 bridgehead atoms. The average molecular weight is 451 g/mol. The molecule has 32 heavy (non-hydrogen) atoms. The van der Waals surface area contributed by atoms with Crippen LogP contribution >= 0.6 is 0 Å². The van der Waals surface area contributed by atoms with Gasteiger partial charge in [-0.1, -0.05) is 90.1 Å². The molecule has 0 heterocycles. The predicted molar refractivity (Wildman–Crippen MR) is 132 cm³/mol. The first-order valence-electron chi connectivity index (χ1n) is 11.1. The van der Waals surface area contributed by atoms with Gasteiger partial charge in [-0.3, -0.25) is 0 Å². The molecule has 0 saturated carbocycles. The fraction of sp³-hybridized carbons (Fsp3) is 0.321. The second-order valence-corrected chi connectivity index (χ2v) is 10.7. The number of carbonyl (C=O) groups is 1. The maximum Gasteiger partial charge on any atom is 0.249 e. The normalized spacial score (nSPS) is 11.1. The van der Waals surface area contributed by atoms with Crippen molar-refractivity contribution in [3.05, 3.63) is 89.5 Å². The maximum atomic E-state index is 8.44. The zero-order chi connectivity index (χ0) is 23.8. The summed E-state index contributed by atoms with van der Waals surface area (Å²) in [5, 5.41) is 15.3. The van der Waals surface area contributed by atoms with Gasteiger partial charge in [-0.25, -0.2) is 0 Å². The molecule has 0 saturated heterocycles. The van der Waals surface area contributed by atoms with Crippen LogP contribution in [0.5, 0.6) is 0 Å². The van der Waals surface area contributed by atoms with Crippen LogP contribution in [0.4, 0.5) is 4.79 Å². The Hall–Kier alpha value is -2.72. The molecule has 0 aromatic heterocycles. The van der Waals surface area contributed by atoms with E-state index in [1.54, 1.807) is 0 Å². The Balaban J connectivity index is 0.000000837. The SMILES string of the molecule is CC(C)c1cc(C(C)C)c([S+](c2ccccc2)c2ccccc2)c(C(C)C)c1.O=C([O-])O. The number of rotatable bonds is 6. The number of benzene rings is 3. The molecule has 3 aromatic carbocycles. The summed E-state index contributed by atoms with van der Waals surface area (Å²) in [4.78, 5) is 12.8. The molecule has 0 unspecified atom stereocenters. The molecular formula is C28H34O3S. The molecule has 0 atom stereocenters. The minimum absolute atomic E-state index is 0.100. The molecule has 0 fully saturated rings. The lowest BCUT2D eigenvalue weighted by atomic mass is 9.89. The van der Waals surface area contributed by atoms with E-state index in [1.165, 1.54) is 31.4 Å². The first-order chi connectivity index (χ1) is 15.1. The van der Waals surface area contributed by atoms with Gasteiger partial charge < -0.3 is 15.0 Å². The van der Waals surface area contributed by atoms with Crippen molar-refractivity contribution in [3.63, 3.8) is 0 Å². The molecule has 0 amide bonds. The number of hydrogen-bond acceptors (Lipinski definition) is 2. The Morgan fingerprint density at radius 3 is 1.34 bits per heavy atom. The highest BCUT2D eigenvalue weighted by Gasteiger charge is 2.35. The first-order valence-corrected chi connectivity index (χ1v) is 12.3. The fourth-order valence-electron chi connectivity index (χ4n) is 3.61. The number of carboxylic acid groups (broad SMARTS) is 2. The highest BCUT2D eigenvalue weighted by atomic mass is 32.2. The third-order valence-electron chi connectivity index (χ3n) is 5.24. The molecule has 0 aliphatic heterocycles. The van der Waals surface area contributed by atoms with E-state index in [0.717, 1.165) is 0 Å². The molecule has 0 spiro atoms. The molecule has 3 nitrogen and oxygen atoms in total. The Kier molecular flexibility index (Phi) is 9.40. The second kappa shape index (κ2) is 11.8. The quantitative estimate of drug-likeness (QED) is 0.410. The summed E-state index contributed by atoms with van der Waals surface area (Å²) in [5.74, 6) is 1.53. The summed E-state index contributed by atoms with van der Waals surface area (Å²) >= 11 is 0. The Labute approximate surface area is 195 Å². The third kappa shape index (κ3) is 6.64. The van der Waals surface area contributed by atoms with E-state index in [2.05, 4.69) is 114 Å². The largest absolute Gasteiger partial charge is 0.565 e. The van der Waals surface area contributed by atoms with Crippen LogP contribution in [0.25, 0.3) is 0 Å². The fourth-order valence-corrected chi connectivity index (χ4v) is 6.27. The zero-order valence-electron chi connectivity index (χ0n) is 19.8. The van der Waals surface area contributed by atoms with E-state index in [9.17, 15) is 0 Å². The van der Waals surface area contributed by atoms with E-state index < -0.39 is 6.16 Å². The van der Waals surface area contributed by atoms with Crippen molar-refractivity contribution in [2.75, 3.05) is 0 Å². The monoisotopic (exact) mass is 450 g/mol. The van der Waals surface area contributed by atoms with Crippen molar-refractivity contribution >= 4 is 17.1 Å². The van der Waals surface area contributed by atoms with Crippen LogP contribution in [0.1, 0.15) is 76.0 Å². The van der Waals surface area contributed by atoms with Crippen molar-refractivity contribution < 1.29 is 15.0 Å². The molecule has 3 rings (SSSR count). The van der Waals surface area contributed by atoms with Gasteiger partial charge >= 0.3 is 0 Å². The highest BCUT2D eigenvalue weighted by Crippen LogP contribution is 2.41. The molecule has 0 aliphatic carbocycles. The van der Waals surface area contributed by atoms with Gasteiger partial charge in [-0.05, 0) is 47.6 Å². The standard InChI is InChI=1S/C27H33S.CH2O3/c1-19(2)22-17-25(20(3)4)27(26(18-22)21(5)6)28(23-13-9-7-10-14-23)24-15-11-8-12-16-24;2-1(3)4/h7-21H,1-6H3;(H2,2,3,4)/q+1;/p-1. The van der Waals surface area contributed by atoms with Crippen LogP contribution in [0.2, 0.25) is 0 Å². The summed E-state index contributed by atoms with van der Waals surface area (Å²) in [6.45, 7) is 14.0. The predicted octanol–water partition coefficient (Wildman–Crippen LogP) is 7.04. The van der Waals surface area contributed by atoms with Gasteiger partial charge in [0.15, 0.2) is 14.7 Å². The Morgan fingerprint density at radius 2 is 1.06 bits per heavy atom. The summed E-state index contributed by atoms with van der Waals surface area (Å²) in [6, 6.07) is 27.0. The lowest BCUT2D eigenvalue weighted by Gasteiger charge is -2.22. The van der Waals surface area contributed by atoms with Gasteiger partial charge in [0.25, 0.3) is 0 Å². The molecule has 3 aromatic rings. The van der Waals surface area contributed by atoms with E-state index in [-0.39, 0.29) is 10.9 Å². The molecule has 4 heteroatoms. The van der Waals surface area contributed by atoms with Crippen molar-refractivity contribution in [1.29, 1.82) is 0 Å². The lowest BCUT2D eigenvalue weighted by Crippen LogP contribution is -2.17. The topological polar surface area (TPSA) is 60.4 Å². The van der Waals surface area contributed by atoms with E-state index >= 15 is 0 Å². The van der Waals surface area contributed by atoms with Crippen molar-refractivity contribution in [3.8, 4) is 0 Å². The highest BCUT2D eigenvalue weighted by molar-refractivity contribution is 7.97. The van der Waals surface area contributed by atoms with Gasteiger partial charge in [0.2, 0.25) is 6.16 Å². The Morgan fingerprint density at radius 1 is 0.719 bits per heavy atom. The van der Waals surface area contributed by atoms with Crippen LogP contribution in [-0.2, 0) is 10.9 Å². The van der Waals surface area contributed by atoms with Gasteiger partial charge in [0.1, 0.15) is 0 Å². The van der Waals surface area contributed by atoms with Crippen LogP contribution in [0, 0.1) is 0 Å². The van der Waals surface area contributed by atoms with Crippen LogP contribution < -0.4 is 5.11 Å². The molecular weight excluding hydrogens is 416 g/mol. The van der Waals surface area contributed by atoms with E-state index in [1.807, 2.05) is 0 Å². The van der Waals surface area contributed by atoms with Crippen LogP contribution in [0.15, 0.2) is 87.5 Å². The smallest absolute Gasteiger partial charge is 0.249 e. The third-order valence-corrected chi connectivity index (χ3v) is 7.61.